The van der Waals surface area contributed by atoms with Gasteiger partial charge in [0.1, 0.15) is 5.60 Å². The largest absolute Gasteiger partial charge is 0.444 e. The second-order valence-corrected chi connectivity index (χ2v) is 12.3. The van der Waals surface area contributed by atoms with E-state index in [1.54, 1.807) is 25.7 Å². The van der Waals surface area contributed by atoms with E-state index in [1.165, 1.54) is 0 Å². The van der Waals surface area contributed by atoms with Crippen molar-refractivity contribution in [2.75, 3.05) is 44.2 Å². The maximum atomic E-state index is 15.1. The van der Waals surface area contributed by atoms with Crippen LogP contribution in [0.1, 0.15) is 58.2 Å². The zero-order valence-corrected chi connectivity index (χ0v) is 23.7. The lowest BCUT2D eigenvalue weighted by molar-refractivity contribution is -0.120. The van der Waals surface area contributed by atoms with Crippen molar-refractivity contribution in [3.63, 3.8) is 0 Å². The summed E-state index contributed by atoms with van der Waals surface area (Å²) in [5.41, 5.74) is 2.16. The van der Waals surface area contributed by atoms with Crippen molar-refractivity contribution in [1.29, 1.82) is 0 Å². The van der Waals surface area contributed by atoms with Gasteiger partial charge in [-0.1, -0.05) is 6.07 Å². The highest BCUT2D eigenvalue weighted by Gasteiger charge is 2.47. The zero-order valence-electron chi connectivity index (χ0n) is 23.7. The Morgan fingerprint density at radius 3 is 2.48 bits per heavy atom. The maximum absolute atomic E-state index is 15.1. The number of hydrogen-bond acceptors (Lipinski definition) is 5. The normalized spacial score (nSPS) is 23.0. The van der Waals surface area contributed by atoms with Crippen LogP contribution in [-0.4, -0.2) is 83.2 Å². The number of halogens is 2. The number of anilines is 1. The fourth-order valence-electron chi connectivity index (χ4n) is 6.25. The highest BCUT2D eigenvalue weighted by Crippen LogP contribution is 2.38. The first-order valence-corrected chi connectivity index (χ1v) is 14.1. The van der Waals surface area contributed by atoms with Gasteiger partial charge >= 0.3 is 12.1 Å². The second-order valence-electron chi connectivity index (χ2n) is 12.3. The quantitative estimate of drug-likeness (QED) is 0.575. The molecule has 0 saturated carbocycles. The monoisotopic (exact) mass is 559 g/mol. The van der Waals surface area contributed by atoms with Crippen LogP contribution in [0.5, 0.6) is 0 Å². The van der Waals surface area contributed by atoms with Gasteiger partial charge < -0.3 is 19.1 Å². The number of rotatable bonds is 4. The number of piperidine rings is 2. The molecule has 4 heterocycles. The summed E-state index contributed by atoms with van der Waals surface area (Å²) in [6.07, 6.45) is 1.48. The Morgan fingerprint density at radius 1 is 1.10 bits per heavy atom. The minimum Gasteiger partial charge on any atom is -0.444 e. The third-order valence-corrected chi connectivity index (χ3v) is 8.20. The summed E-state index contributed by atoms with van der Waals surface area (Å²) in [4.78, 5) is 41.3. The van der Waals surface area contributed by atoms with E-state index in [0.717, 1.165) is 40.0 Å². The van der Waals surface area contributed by atoms with E-state index in [0.29, 0.717) is 26.2 Å². The van der Waals surface area contributed by atoms with Crippen molar-refractivity contribution in [2.24, 2.45) is 5.92 Å². The van der Waals surface area contributed by atoms with Crippen molar-refractivity contribution in [3.8, 4) is 0 Å². The number of carbonyl (C=O) groups is 3. The Bertz CT molecular complexity index is 1300. The zero-order chi connectivity index (χ0) is 28.8. The second kappa shape index (κ2) is 10.6. The minimum atomic E-state index is -2.97. The number of alkyl halides is 2. The van der Waals surface area contributed by atoms with Crippen LogP contribution in [0.4, 0.5) is 24.1 Å². The molecule has 1 aromatic heterocycles. The molecule has 1 atom stereocenters. The fraction of sp³-hybridized carbons (Fsp3) is 0.621. The van der Waals surface area contributed by atoms with Crippen LogP contribution in [0.15, 0.2) is 24.3 Å². The van der Waals surface area contributed by atoms with Gasteiger partial charge in [-0.05, 0) is 65.2 Å². The van der Waals surface area contributed by atoms with Crippen LogP contribution >= 0.6 is 0 Å². The summed E-state index contributed by atoms with van der Waals surface area (Å²) in [6, 6.07) is 7.77. The molecule has 218 valence electrons. The summed E-state index contributed by atoms with van der Waals surface area (Å²) in [5.74, 6) is -4.04. The van der Waals surface area contributed by atoms with E-state index >= 15 is 8.78 Å². The van der Waals surface area contributed by atoms with Crippen LogP contribution in [0.2, 0.25) is 0 Å². The number of imide groups is 1. The number of carbonyl (C=O) groups excluding carboxylic acids is 3. The number of fused-ring (bicyclic) bond motifs is 1. The molecule has 11 heteroatoms. The Hall–Kier alpha value is -3.21. The molecule has 0 aliphatic carbocycles. The molecule has 0 radical (unpaired) electrons. The molecule has 3 aliphatic heterocycles. The molecule has 9 nitrogen and oxygen atoms in total. The summed E-state index contributed by atoms with van der Waals surface area (Å²) < 4.78 is 37.8. The van der Waals surface area contributed by atoms with E-state index in [9.17, 15) is 14.4 Å². The van der Waals surface area contributed by atoms with Crippen molar-refractivity contribution in [1.82, 2.24) is 19.7 Å². The molecule has 2 aromatic rings. The van der Waals surface area contributed by atoms with E-state index in [1.807, 2.05) is 18.2 Å². The van der Waals surface area contributed by atoms with Crippen molar-refractivity contribution >= 4 is 34.6 Å². The number of benzene rings is 1. The van der Waals surface area contributed by atoms with Crippen LogP contribution in [0, 0.1) is 12.8 Å². The number of amides is 4. The summed E-state index contributed by atoms with van der Waals surface area (Å²) in [5, 5.41) is 3.36. The predicted molar refractivity (Wildman–Crippen MR) is 148 cm³/mol. The molecule has 5 rings (SSSR count). The molecule has 1 aromatic carbocycles. The first-order chi connectivity index (χ1) is 18.8. The highest BCUT2D eigenvalue weighted by molar-refractivity contribution is 6.09. The SMILES string of the molecule is Cc1cc2c(N3CCC(=O)NC3=O)cccc2n1C1CCN(C[C@H]2CCN(C(=O)OC(C)(C)C)CC2(F)F)CC1. The minimum absolute atomic E-state index is 0.218. The van der Waals surface area contributed by atoms with Crippen molar-refractivity contribution in [3.05, 3.63) is 30.0 Å². The van der Waals surface area contributed by atoms with Crippen LogP contribution in [0.3, 0.4) is 0 Å². The van der Waals surface area contributed by atoms with Gasteiger partial charge in [-0.25, -0.2) is 18.4 Å². The molecule has 3 aliphatic rings. The number of nitrogens with one attached hydrogen (secondary N) is 1. The predicted octanol–water partition coefficient (Wildman–Crippen LogP) is 4.93. The molecule has 1 N–H and O–H groups in total. The van der Waals surface area contributed by atoms with Gasteiger partial charge in [-0.2, -0.15) is 0 Å². The Morgan fingerprint density at radius 2 is 1.82 bits per heavy atom. The summed E-state index contributed by atoms with van der Waals surface area (Å²) >= 11 is 0. The van der Waals surface area contributed by atoms with Gasteiger partial charge in [0.05, 0.1) is 17.7 Å². The first-order valence-electron chi connectivity index (χ1n) is 14.1. The topological polar surface area (TPSA) is 87.1 Å². The maximum Gasteiger partial charge on any atom is 0.410 e. The van der Waals surface area contributed by atoms with Gasteiger partial charge in [-0.15, -0.1) is 0 Å². The molecule has 40 heavy (non-hydrogen) atoms. The van der Waals surface area contributed by atoms with E-state index in [2.05, 4.69) is 27.8 Å². The average molecular weight is 560 g/mol. The van der Waals surface area contributed by atoms with Gasteiger partial charge in [0, 0.05) is 62.2 Å². The number of likely N-dealkylation sites (tertiary alicyclic amines) is 2. The number of urea groups is 1. The molecule has 3 saturated heterocycles. The third kappa shape index (κ3) is 5.80. The molecule has 3 fully saturated rings. The molecule has 0 spiro atoms. The summed E-state index contributed by atoms with van der Waals surface area (Å²) in [7, 11) is 0. The Labute approximate surface area is 233 Å². The lowest BCUT2D eigenvalue weighted by Gasteiger charge is -2.42. The van der Waals surface area contributed by atoms with Crippen molar-refractivity contribution in [2.45, 2.75) is 70.9 Å². The lowest BCUT2D eigenvalue weighted by Crippen LogP contribution is -2.54. The van der Waals surface area contributed by atoms with Gasteiger partial charge in [0.2, 0.25) is 5.91 Å². The summed E-state index contributed by atoms with van der Waals surface area (Å²) in [6.45, 7) is 8.97. The molecule has 0 unspecified atom stereocenters. The van der Waals surface area contributed by atoms with E-state index in [-0.39, 0.29) is 31.3 Å². The third-order valence-electron chi connectivity index (χ3n) is 8.20. The van der Waals surface area contributed by atoms with E-state index < -0.39 is 36.1 Å². The number of aromatic nitrogens is 1. The lowest BCUT2D eigenvalue weighted by atomic mass is 9.91. The number of ether oxygens (including phenoxy) is 1. The van der Waals surface area contributed by atoms with Crippen LogP contribution in [-0.2, 0) is 9.53 Å². The highest BCUT2D eigenvalue weighted by atomic mass is 19.3. The smallest absolute Gasteiger partial charge is 0.410 e. The Balaban J connectivity index is 1.22. The number of nitrogens with zero attached hydrogens (tertiary/aromatic N) is 4. The van der Waals surface area contributed by atoms with Crippen LogP contribution < -0.4 is 10.2 Å². The van der Waals surface area contributed by atoms with Gasteiger partial charge in [0.15, 0.2) is 0 Å². The molecular formula is C29H39F2N5O4. The molecule has 4 amide bonds. The average Bonchev–Trinajstić information content (AvgIpc) is 3.20. The standard InChI is InChI=1S/C29H39F2N5O4/c1-19-16-22-23(35-15-11-25(37)32-26(35)38)6-5-7-24(22)36(19)21-9-12-33(13-10-21)17-20-8-14-34(18-29(20,30)31)27(39)40-28(2,3)4/h5-7,16,20-21H,8-15,17-18H2,1-4H3,(H,32,37,38)/t20-/m1/s1. The Kier molecular flexibility index (Phi) is 7.54. The van der Waals surface area contributed by atoms with Crippen molar-refractivity contribution < 1.29 is 27.9 Å². The van der Waals surface area contributed by atoms with Crippen LogP contribution in [0.25, 0.3) is 10.9 Å². The molecule has 0 bridgehead atoms. The molecular weight excluding hydrogens is 520 g/mol. The number of hydrogen-bond donors (Lipinski definition) is 1. The van der Waals surface area contributed by atoms with Gasteiger partial charge in [0.25, 0.3) is 5.92 Å². The first kappa shape index (κ1) is 28.3. The van der Waals surface area contributed by atoms with E-state index in [4.69, 9.17) is 4.74 Å². The fourth-order valence-corrected chi connectivity index (χ4v) is 6.25. The number of aryl methyl sites for hydroxylation is 1. The van der Waals surface area contributed by atoms with Gasteiger partial charge in [-0.3, -0.25) is 15.0 Å².